The molecule has 0 N–H and O–H groups in total. The minimum atomic E-state index is -1.50. The van der Waals surface area contributed by atoms with Gasteiger partial charge in [-0.25, -0.2) is 27.8 Å². The van der Waals surface area contributed by atoms with Crippen LogP contribution in [0.4, 0.5) is 24.8 Å². The summed E-state index contributed by atoms with van der Waals surface area (Å²) in [7, 11) is 1.55. The molecule has 0 radical (unpaired) electrons. The molecule has 0 amide bonds. The summed E-state index contributed by atoms with van der Waals surface area (Å²) >= 11 is 0. The molecule has 0 aliphatic carbocycles. The number of pyridine rings is 1. The van der Waals surface area contributed by atoms with Crippen molar-refractivity contribution in [2.24, 2.45) is 0 Å². The summed E-state index contributed by atoms with van der Waals surface area (Å²) in [6.07, 6.45) is 7.69. The number of benzene rings is 1. The molecular formula is C23H20F3N7O. The van der Waals surface area contributed by atoms with Gasteiger partial charge in [0.15, 0.2) is 23.3 Å². The van der Waals surface area contributed by atoms with Crippen molar-refractivity contribution in [1.29, 1.82) is 0 Å². The van der Waals surface area contributed by atoms with E-state index in [0.29, 0.717) is 42.9 Å². The number of nitrogens with zero attached hydrogens (tertiary/aromatic N) is 7. The Morgan fingerprint density at radius 1 is 1.03 bits per heavy atom. The molecule has 0 unspecified atom stereocenters. The second-order valence-corrected chi connectivity index (χ2v) is 7.74. The maximum atomic E-state index is 13.8. The first-order valence-electron chi connectivity index (χ1n) is 10.5. The van der Waals surface area contributed by atoms with Gasteiger partial charge < -0.3 is 14.2 Å². The van der Waals surface area contributed by atoms with Crippen molar-refractivity contribution >= 4 is 23.8 Å². The molecule has 0 bridgehead atoms. The SMILES string of the molecule is COc1nc(C=Cc2nc3n(n2)CCCN3c2cc(F)c(F)c(F)c2)ccc1-n1cnc(C)c1. The van der Waals surface area contributed by atoms with E-state index in [0.717, 1.165) is 23.5 Å². The van der Waals surface area contributed by atoms with Crippen LogP contribution < -0.4 is 9.64 Å². The Morgan fingerprint density at radius 2 is 1.82 bits per heavy atom. The van der Waals surface area contributed by atoms with E-state index >= 15 is 0 Å². The van der Waals surface area contributed by atoms with Gasteiger partial charge in [-0.05, 0) is 37.6 Å². The normalized spacial score (nSPS) is 13.5. The first-order chi connectivity index (χ1) is 16.4. The summed E-state index contributed by atoms with van der Waals surface area (Å²) in [5.41, 5.74) is 2.44. The number of ether oxygens (including phenoxy) is 1. The number of imidazole rings is 1. The van der Waals surface area contributed by atoms with E-state index in [9.17, 15) is 13.2 Å². The summed E-state index contributed by atoms with van der Waals surface area (Å²) in [5, 5.41) is 4.46. The molecular weight excluding hydrogens is 447 g/mol. The summed E-state index contributed by atoms with van der Waals surface area (Å²) in [4.78, 5) is 14.8. The predicted octanol–water partition coefficient (Wildman–Crippen LogP) is 4.31. The molecule has 1 aromatic carbocycles. The monoisotopic (exact) mass is 467 g/mol. The van der Waals surface area contributed by atoms with Crippen LogP contribution in [0.2, 0.25) is 0 Å². The molecule has 1 aliphatic rings. The quantitative estimate of drug-likeness (QED) is 0.408. The van der Waals surface area contributed by atoms with E-state index < -0.39 is 17.5 Å². The van der Waals surface area contributed by atoms with Crippen molar-refractivity contribution in [1.82, 2.24) is 29.3 Å². The first-order valence-corrected chi connectivity index (χ1v) is 10.5. The molecule has 0 saturated carbocycles. The molecule has 3 aromatic heterocycles. The van der Waals surface area contributed by atoms with E-state index in [1.54, 1.807) is 35.2 Å². The number of aromatic nitrogens is 6. The molecule has 8 nitrogen and oxygen atoms in total. The number of halogens is 3. The van der Waals surface area contributed by atoms with Gasteiger partial charge in [-0.15, -0.1) is 5.10 Å². The zero-order chi connectivity index (χ0) is 23.8. The van der Waals surface area contributed by atoms with E-state index in [1.165, 1.54) is 0 Å². The molecule has 0 saturated heterocycles. The van der Waals surface area contributed by atoms with Crippen molar-refractivity contribution in [2.45, 2.75) is 19.9 Å². The minimum Gasteiger partial charge on any atom is -0.479 e. The summed E-state index contributed by atoms with van der Waals surface area (Å²) in [5.74, 6) is -2.74. The number of rotatable bonds is 5. The minimum absolute atomic E-state index is 0.178. The van der Waals surface area contributed by atoms with Crippen LogP contribution >= 0.6 is 0 Å². The predicted molar refractivity (Wildman–Crippen MR) is 120 cm³/mol. The molecule has 0 spiro atoms. The molecule has 4 heterocycles. The lowest BCUT2D eigenvalue weighted by Gasteiger charge is -2.27. The molecule has 34 heavy (non-hydrogen) atoms. The topological polar surface area (TPSA) is 73.9 Å². The van der Waals surface area contributed by atoms with Gasteiger partial charge in [-0.3, -0.25) is 0 Å². The zero-order valence-electron chi connectivity index (χ0n) is 18.4. The smallest absolute Gasteiger partial charge is 0.238 e. The van der Waals surface area contributed by atoms with E-state index in [2.05, 4.69) is 20.1 Å². The van der Waals surface area contributed by atoms with Gasteiger partial charge in [-0.2, -0.15) is 4.98 Å². The lowest BCUT2D eigenvalue weighted by atomic mass is 10.2. The highest BCUT2D eigenvalue weighted by molar-refractivity contribution is 5.67. The van der Waals surface area contributed by atoms with Crippen LogP contribution in [-0.4, -0.2) is 43.0 Å². The Hall–Kier alpha value is -4.15. The van der Waals surface area contributed by atoms with Crippen molar-refractivity contribution in [2.75, 3.05) is 18.6 Å². The van der Waals surface area contributed by atoms with Gasteiger partial charge in [0.1, 0.15) is 5.69 Å². The van der Waals surface area contributed by atoms with Gasteiger partial charge in [-0.1, -0.05) is 0 Å². The van der Waals surface area contributed by atoms with Gasteiger partial charge >= 0.3 is 0 Å². The highest BCUT2D eigenvalue weighted by Gasteiger charge is 2.24. The third-order valence-corrected chi connectivity index (χ3v) is 5.39. The number of hydrogen-bond donors (Lipinski definition) is 0. The molecule has 174 valence electrons. The largest absolute Gasteiger partial charge is 0.479 e. The van der Waals surface area contributed by atoms with Gasteiger partial charge in [0.05, 0.1) is 24.8 Å². The third kappa shape index (κ3) is 4.00. The lowest BCUT2D eigenvalue weighted by molar-refractivity contribution is 0.395. The molecule has 5 rings (SSSR count). The second-order valence-electron chi connectivity index (χ2n) is 7.74. The maximum Gasteiger partial charge on any atom is 0.238 e. The third-order valence-electron chi connectivity index (χ3n) is 5.39. The average Bonchev–Trinajstić information content (AvgIpc) is 3.46. The number of fused-ring (bicyclic) bond motifs is 1. The highest BCUT2D eigenvalue weighted by Crippen LogP contribution is 2.30. The van der Waals surface area contributed by atoms with Crippen molar-refractivity contribution in [3.63, 3.8) is 0 Å². The molecule has 1 aliphatic heterocycles. The standard InChI is InChI=1S/C23H20F3N7O/c1-14-12-31(13-27-14)19-6-4-15(28-22(19)34-2)5-7-20-29-23-32(8-3-9-33(23)30-20)16-10-17(24)21(26)18(25)11-16/h4-7,10-13H,3,8-9H2,1-2H3. The second kappa shape index (κ2) is 8.65. The fourth-order valence-electron chi connectivity index (χ4n) is 3.79. The molecule has 0 atom stereocenters. The Kier molecular flexibility index (Phi) is 5.52. The Labute approximate surface area is 193 Å². The van der Waals surface area contributed by atoms with E-state index in [4.69, 9.17) is 4.74 Å². The average molecular weight is 467 g/mol. The Morgan fingerprint density at radius 3 is 2.53 bits per heavy atom. The molecule has 0 fully saturated rings. The Bertz CT molecular complexity index is 1370. The summed E-state index contributed by atoms with van der Waals surface area (Å²) in [6, 6.07) is 5.61. The lowest BCUT2D eigenvalue weighted by Crippen LogP contribution is -2.29. The van der Waals surface area contributed by atoms with Crippen molar-refractivity contribution in [3.05, 3.63) is 71.5 Å². The van der Waals surface area contributed by atoms with Crippen LogP contribution in [0.1, 0.15) is 23.6 Å². The summed E-state index contributed by atoms with van der Waals surface area (Å²) in [6.45, 7) is 2.97. The van der Waals surface area contributed by atoms with Crippen LogP contribution in [0.25, 0.3) is 17.8 Å². The van der Waals surface area contributed by atoms with Crippen LogP contribution in [0.15, 0.2) is 36.8 Å². The molecule has 11 heteroatoms. The van der Waals surface area contributed by atoms with Gasteiger partial charge in [0.2, 0.25) is 11.8 Å². The van der Waals surface area contributed by atoms with Crippen LogP contribution in [0.3, 0.4) is 0 Å². The maximum absolute atomic E-state index is 13.8. The van der Waals surface area contributed by atoms with Crippen molar-refractivity contribution in [3.8, 4) is 11.6 Å². The Balaban J connectivity index is 1.42. The first kappa shape index (κ1) is 21.7. The molecule has 4 aromatic rings. The fraction of sp³-hybridized carbons (Fsp3) is 0.217. The zero-order valence-corrected chi connectivity index (χ0v) is 18.4. The van der Waals surface area contributed by atoms with Gasteiger partial charge in [0, 0.05) is 37.1 Å². The fourth-order valence-corrected chi connectivity index (χ4v) is 3.79. The highest BCUT2D eigenvalue weighted by atomic mass is 19.2. The van der Waals surface area contributed by atoms with Crippen LogP contribution in [-0.2, 0) is 6.54 Å². The number of aryl methyl sites for hydroxylation is 2. The van der Waals surface area contributed by atoms with Gasteiger partial charge in [0.25, 0.3) is 0 Å². The summed E-state index contributed by atoms with van der Waals surface area (Å²) < 4.78 is 49.8. The number of methoxy groups -OCH3 is 1. The van der Waals surface area contributed by atoms with E-state index in [1.807, 2.05) is 29.8 Å². The van der Waals surface area contributed by atoms with Crippen LogP contribution in [0, 0.1) is 24.4 Å². The van der Waals surface area contributed by atoms with E-state index in [-0.39, 0.29) is 5.69 Å². The van der Waals surface area contributed by atoms with Crippen molar-refractivity contribution < 1.29 is 17.9 Å². The number of anilines is 2. The van der Waals surface area contributed by atoms with Crippen LogP contribution in [0.5, 0.6) is 5.88 Å². The number of hydrogen-bond acceptors (Lipinski definition) is 6.